The van der Waals surface area contributed by atoms with Gasteiger partial charge in [-0.05, 0) is 52.0 Å². The van der Waals surface area contributed by atoms with Crippen molar-refractivity contribution in [1.82, 2.24) is 19.8 Å². The summed E-state index contributed by atoms with van der Waals surface area (Å²) in [5.41, 5.74) is 1.90. The van der Waals surface area contributed by atoms with E-state index in [0.29, 0.717) is 11.2 Å². The maximum absolute atomic E-state index is 6.14. The maximum atomic E-state index is 6.14. The third kappa shape index (κ3) is 3.78. The van der Waals surface area contributed by atoms with Gasteiger partial charge in [-0.1, -0.05) is 11.6 Å². The Balaban J connectivity index is 1.93. The fourth-order valence-electron chi connectivity index (χ4n) is 2.52. The van der Waals surface area contributed by atoms with Crippen molar-refractivity contribution in [3.8, 4) is 0 Å². The van der Waals surface area contributed by atoms with Crippen LogP contribution >= 0.6 is 23.2 Å². The predicted molar refractivity (Wildman–Crippen MR) is 79.0 cm³/mol. The number of rotatable bonds is 4. The molecule has 0 radical (unpaired) electrons. The first kappa shape index (κ1) is 15.0. The van der Waals surface area contributed by atoms with Crippen molar-refractivity contribution in [3.05, 3.63) is 21.7 Å². The number of aromatic nitrogens is 2. The highest BCUT2D eigenvalue weighted by Crippen LogP contribution is 2.20. The smallest absolute Gasteiger partial charge is 0.224 e. The lowest BCUT2D eigenvalue weighted by molar-refractivity contribution is 0.270. The quantitative estimate of drug-likeness (QED) is 0.631. The molecule has 1 aliphatic heterocycles. The predicted octanol–water partition coefficient (Wildman–Crippen LogP) is 2.27. The van der Waals surface area contributed by atoms with E-state index in [-0.39, 0.29) is 5.28 Å². The summed E-state index contributed by atoms with van der Waals surface area (Å²) in [4.78, 5) is 12.9. The highest BCUT2D eigenvalue weighted by Gasteiger charge is 2.23. The minimum atomic E-state index is 0.222. The second-order valence-corrected chi connectivity index (χ2v) is 6.00. The maximum Gasteiger partial charge on any atom is 0.224 e. The molecule has 0 aliphatic carbocycles. The molecule has 19 heavy (non-hydrogen) atoms. The lowest BCUT2D eigenvalue weighted by Gasteiger charge is -2.20. The summed E-state index contributed by atoms with van der Waals surface area (Å²) in [7, 11) is 4.28. The molecule has 0 aromatic carbocycles. The van der Waals surface area contributed by atoms with Gasteiger partial charge in [0.25, 0.3) is 0 Å². The third-order valence-corrected chi connectivity index (χ3v) is 4.27. The van der Waals surface area contributed by atoms with Crippen LogP contribution in [0, 0.1) is 6.92 Å². The van der Waals surface area contributed by atoms with Crippen LogP contribution in [-0.4, -0.2) is 59.5 Å². The monoisotopic (exact) mass is 302 g/mol. The lowest BCUT2D eigenvalue weighted by atomic mass is 10.1. The van der Waals surface area contributed by atoms with Crippen molar-refractivity contribution in [3.63, 3.8) is 0 Å². The fourth-order valence-corrected chi connectivity index (χ4v) is 3.09. The Morgan fingerprint density at radius 1 is 1.32 bits per heavy atom. The molecular weight excluding hydrogens is 283 g/mol. The van der Waals surface area contributed by atoms with Crippen LogP contribution in [0.2, 0.25) is 10.4 Å². The van der Waals surface area contributed by atoms with Gasteiger partial charge in [-0.15, -0.1) is 0 Å². The lowest BCUT2D eigenvalue weighted by Crippen LogP contribution is -2.32. The Morgan fingerprint density at radius 2 is 2.05 bits per heavy atom. The van der Waals surface area contributed by atoms with E-state index in [4.69, 9.17) is 23.2 Å². The summed E-state index contributed by atoms with van der Waals surface area (Å²) in [6.07, 6.45) is 2.11. The van der Waals surface area contributed by atoms with Crippen molar-refractivity contribution in [1.29, 1.82) is 0 Å². The van der Waals surface area contributed by atoms with E-state index in [1.807, 2.05) is 6.92 Å². The SMILES string of the molecule is Cc1nc(Cl)nc(Cl)c1CCN1CCC(N(C)C)C1. The van der Waals surface area contributed by atoms with Crippen LogP contribution in [0.15, 0.2) is 0 Å². The zero-order chi connectivity index (χ0) is 14.0. The Hall–Kier alpha value is -0.420. The Labute approximate surface area is 124 Å². The molecule has 1 saturated heterocycles. The fraction of sp³-hybridized carbons (Fsp3) is 0.692. The van der Waals surface area contributed by atoms with Crippen molar-refractivity contribution >= 4 is 23.2 Å². The molecule has 0 N–H and O–H groups in total. The Bertz CT molecular complexity index is 427. The average molecular weight is 303 g/mol. The number of hydrogen-bond acceptors (Lipinski definition) is 4. The van der Waals surface area contributed by atoms with Gasteiger partial charge in [-0.25, -0.2) is 9.97 Å². The van der Waals surface area contributed by atoms with Crippen molar-refractivity contribution in [2.24, 2.45) is 0 Å². The Morgan fingerprint density at radius 3 is 2.63 bits per heavy atom. The van der Waals surface area contributed by atoms with Crippen molar-refractivity contribution in [2.75, 3.05) is 33.7 Å². The number of likely N-dealkylation sites (N-methyl/N-ethyl adjacent to an activating group) is 1. The standard InChI is InChI=1S/C13H20Cl2N4/c1-9-11(12(14)17-13(15)16-9)5-7-19-6-4-10(8-19)18(2)3/h10H,4-8H2,1-3H3. The number of nitrogens with zero attached hydrogens (tertiary/aromatic N) is 4. The molecule has 1 unspecified atom stereocenters. The molecular formula is C13H20Cl2N4. The zero-order valence-corrected chi connectivity index (χ0v) is 13.2. The third-order valence-electron chi connectivity index (χ3n) is 3.79. The van der Waals surface area contributed by atoms with Gasteiger partial charge in [0.1, 0.15) is 5.15 Å². The largest absolute Gasteiger partial charge is 0.305 e. The van der Waals surface area contributed by atoms with E-state index in [2.05, 4.69) is 33.9 Å². The molecule has 0 bridgehead atoms. The van der Waals surface area contributed by atoms with E-state index >= 15 is 0 Å². The molecule has 1 fully saturated rings. The van der Waals surface area contributed by atoms with Gasteiger partial charge < -0.3 is 9.80 Å². The van der Waals surface area contributed by atoms with E-state index in [1.54, 1.807) is 0 Å². The highest BCUT2D eigenvalue weighted by atomic mass is 35.5. The summed E-state index contributed by atoms with van der Waals surface area (Å²) in [5, 5.41) is 0.709. The van der Waals surface area contributed by atoms with E-state index in [1.165, 1.54) is 6.42 Å². The van der Waals surface area contributed by atoms with Gasteiger partial charge in [-0.3, -0.25) is 0 Å². The van der Waals surface area contributed by atoms with Crippen LogP contribution in [-0.2, 0) is 6.42 Å². The number of hydrogen-bond donors (Lipinski definition) is 0. The summed E-state index contributed by atoms with van der Waals surface area (Å²) in [5.74, 6) is 0. The molecule has 1 aromatic heterocycles. The van der Waals surface area contributed by atoms with Gasteiger partial charge in [-0.2, -0.15) is 0 Å². The van der Waals surface area contributed by atoms with Gasteiger partial charge in [0.05, 0.1) is 0 Å². The topological polar surface area (TPSA) is 32.3 Å². The van der Waals surface area contributed by atoms with Gasteiger partial charge in [0.15, 0.2) is 0 Å². The normalized spacial score (nSPS) is 20.4. The summed E-state index contributed by atoms with van der Waals surface area (Å²) in [6.45, 7) is 5.20. The first-order valence-electron chi connectivity index (χ1n) is 6.54. The zero-order valence-electron chi connectivity index (χ0n) is 11.7. The van der Waals surface area contributed by atoms with E-state index < -0.39 is 0 Å². The minimum absolute atomic E-state index is 0.222. The number of aryl methyl sites for hydroxylation is 1. The summed E-state index contributed by atoms with van der Waals surface area (Å²) < 4.78 is 0. The molecule has 1 aromatic rings. The number of halogens is 2. The van der Waals surface area contributed by atoms with Crippen LogP contribution in [0.5, 0.6) is 0 Å². The molecule has 0 spiro atoms. The molecule has 0 amide bonds. The van der Waals surface area contributed by atoms with Gasteiger partial charge in [0, 0.05) is 30.4 Å². The van der Waals surface area contributed by atoms with Crippen LogP contribution in [0.1, 0.15) is 17.7 Å². The highest BCUT2D eigenvalue weighted by molar-refractivity contribution is 6.32. The molecule has 2 rings (SSSR count). The first-order chi connectivity index (χ1) is 8.97. The molecule has 2 heterocycles. The minimum Gasteiger partial charge on any atom is -0.305 e. The first-order valence-corrected chi connectivity index (χ1v) is 7.30. The van der Waals surface area contributed by atoms with Gasteiger partial charge >= 0.3 is 0 Å². The molecule has 4 nitrogen and oxygen atoms in total. The molecule has 1 atom stereocenters. The summed E-state index contributed by atoms with van der Waals surface area (Å²) >= 11 is 11.9. The molecule has 0 saturated carbocycles. The molecule has 6 heteroatoms. The average Bonchev–Trinajstić information content (AvgIpc) is 2.76. The second kappa shape index (κ2) is 6.35. The summed E-state index contributed by atoms with van der Waals surface area (Å²) in [6, 6.07) is 0.665. The van der Waals surface area contributed by atoms with E-state index in [0.717, 1.165) is 37.3 Å². The molecule has 106 valence electrons. The van der Waals surface area contributed by atoms with E-state index in [9.17, 15) is 0 Å². The van der Waals surface area contributed by atoms with Crippen molar-refractivity contribution in [2.45, 2.75) is 25.8 Å². The van der Waals surface area contributed by atoms with Gasteiger partial charge in [0.2, 0.25) is 5.28 Å². The van der Waals surface area contributed by atoms with Crippen LogP contribution in [0.3, 0.4) is 0 Å². The second-order valence-electron chi connectivity index (χ2n) is 5.30. The van der Waals surface area contributed by atoms with Crippen LogP contribution in [0.25, 0.3) is 0 Å². The van der Waals surface area contributed by atoms with Crippen molar-refractivity contribution < 1.29 is 0 Å². The number of likely N-dealkylation sites (tertiary alicyclic amines) is 1. The van der Waals surface area contributed by atoms with Crippen LogP contribution in [0.4, 0.5) is 0 Å². The Kier molecular flexibility index (Phi) is 5.01. The molecule has 1 aliphatic rings. The van der Waals surface area contributed by atoms with Crippen LogP contribution < -0.4 is 0 Å².